The van der Waals surface area contributed by atoms with Crippen molar-refractivity contribution in [2.75, 3.05) is 13.7 Å². The first-order chi connectivity index (χ1) is 17.8. The molecule has 0 saturated heterocycles. The molecule has 37 heavy (non-hydrogen) atoms. The number of carbonyl (C=O) groups excluding carboxylic acids is 2. The Morgan fingerprint density at radius 3 is 2.68 bits per heavy atom. The Morgan fingerprint density at radius 1 is 1.16 bits per heavy atom. The minimum Gasteiger partial charge on any atom is -0.494 e. The summed E-state index contributed by atoms with van der Waals surface area (Å²) in [4.78, 5) is 32.8. The number of nitrogens with zero attached hydrogens (tertiary/aromatic N) is 5. The van der Waals surface area contributed by atoms with Crippen molar-refractivity contribution in [3.05, 3.63) is 53.4 Å². The Labute approximate surface area is 213 Å². The first-order valence-electron chi connectivity index (χ1n) is 12.1. The van der Waals surface area contributed by atoms with Gasteiger partial charge in [0.2, 0.25) is 5.91 Å². The number of halogens is 1. The van der Waals surface area contributed by atoms with Crippen LogP contribution < -0.4 is 15.4 Å². The summed E-state index contributed by atoms with van der Waals surface area (Å²) in [5.41, 5.74) is 1.90. The number of ether oxygens (including phenoxy) is 1. The number of hydrogen-bond acceptors (Lipinski definition) is 8. The van der Waals surface area contributed by atoms with E-state index in [0.29, 0.717) is 35.2 Å². The second-order valence-corrected chi connectivity index (χ2v) is 9.11. The second-order valence-electron chi connectivity index (χ2n) is 9.11. The smallest absolute Gasteiger partial charge is 0.270 e. The maximum atomic E-state index is 13.6. The molecule has 0 bridgehead atoms. The van der Waals surface area contributed by atoms with Crippen molar-refractivity contribution < 1.29 is 23.8 Å². The lowest BCUT2D eigenvalue weighted by molar-refractivity contribution is -0.124. The van der Waals surface area contributed by atoms with Crippen LogP contribution in [0.2, 0.25) is 0 Å². The molecule has 0 aliphatic heterocycles. The van der Waals surface area contributed by atoms with Gasteiger partial charge in [0.05, 0.1) is 19.0 Å². The molecule has 1 aromatic carbocycles. The molecular formula is C25H30FN7O4. The summed E-state index contributed by atoms with van der Waals surface area (Å²) in [7, 11) is 1.38. The molecule has 0 spiro atoms. The van der Waals surface area contributed by atoms with E-state index in [1.165, 1.54) is 19.2 Å². The fraction of sp³-hybridized carbons (Fsp3) is 0.440. The summed E-state index contributed by atoms with van der Waals surface area (Å²) in [6.45, 7) is 2.07. The van der Waals surface area contributed by atoms with Gasteiger partial charge in [-0.05, 0) is 62.3 Å². The molecule has 1 aliphatic rings. The van der Waals surface area contributed by atoms with Gasteiger partial charge in [-0.15, -0.1) is 5.10 Å². The third kappa shape index (κ3) is 6.85. The molecule has 0 radical (unpaired) electrons. The van der Waals surface area contributed by atoms with E-state index < -0.39 is 18.3 Å². The maximum Gasteiger partial charge on any atom is 0.270 e. The standard InChI is InChI=1S/C25H30FN7O4/c1-15-28-20(10-21(29-15)25(36)27-11-17-5-8-19(26)23(9-17)37-2)22-13-33(32-31-22)12-16-3-6-18(7-4-16)30-24(35)14-34/h5,8-10,13,16,18,34H,3-4,6-7,11-12,14H2,1-2H3,(H,27,36)(H,30,35). The van der Waals surface area contributed by atoms with E-state index in [4.69, 9.17) is 9.84 Å². The molecule has 3 aromatic rings. The fourth-order valence-corrected chi connectivity index (χ4v) is 4.43. The van der Waals surface area contributed by atoms with Gasteiger partial charge in [0.1, 0.15) is 23.8 Å². The highest BCUT2D eigenvalue weighted by molar-refractivity contribution is 5.93. The molecule has 0 atom stereocenters. The van der Waals surface area contributed by atoms with Crippen molar-refractivity contribution in [3.8, 4) is 17.1 Å². The highest BCUT2D eigenvalue weighted by Gasteiger charge is 2.23. The Morgan fingerprint density at radius 2 is 1.95 bits per heavy atom. The van der Waals surface area contributed by atoms with Crippen molar-refractivity contribution >= 4 is 11.8 Å². The predicted molar refractivity (Wildman–Crippen MR) is 131 cm³/mol. The number of methoxy groups -OCH3 is 1. The predicted octanol–water partition coefficient (Wildman–Crippen LogP) is 1.79. The summed E-state index contributed by atoms with van der Waals surface area (Å²) in [6.07, 6.45) is 5.37. The van der Waals surface area contributed by atoms with Crippen LogP contribution in [-0.2, 0) is 17.9 Å². The number of aryl methyl sites for hydroxylation is 1. The molecule has 3 N–H and O–H groups in total. The highest BCUT2D eigenvalue weighted by Crippen LogP contribution is 2.26. The third-order valence-electron chi connectivity index (χ3n) is 6.34. The number of amides is 2. The average molecular weight is 512 g/mol. The van der Waals surface area contributed by atoms with Crippen molar-refractivity contribution in [1.82, 2.24) is 35.6 Å². The fourth-order valence-electron chi connectivity index (χ4n) is 4.43. The molecule has 12 heteroatoms. The number of rotatable bonds is 9. The van der Waals surface area contributed by atoms with E-state index in [2.05, 4.69) is 30.9 Å². The largest absolute Gasteiger partial charge is 0.494 e. The normalized spacial score (nSPS) is 17.3. The molecule has 1 saturated carbocycles. The lowest BCUT2D eigenvalue weighted by Gasteiger charge is -2.28. The molecular weight excluding hydrogens is 481 g/mol. The van der Waals surface area contributed by atoms with Crippen molar-refractivity contribution in [3.63, 3.8) is 0 Å². The maximum absolute atomic E-state index is 13.6. The molecule has 2 heterocycles. The molecule has 2 aromatic heterocycles. The average Bonchev–Trinajstić information content (AvgIpc) is 3.37. The number of hydrogen-bond donors (Lipinski definition) is 3. The minimum absolute atomic E-state index is 0.0980. The zero-order valence-corrected chi connectivity index (χ0v) is 20.8. The van der Waals surface area contributed by atoms with E-state index >= 15 is 0 Å². The van der Waals surface area contributed by atoms with Gasteiger partial charge in [-0.1, -0.05) is 11.3 Å². The second kappa shape index (κ2) is 11.9. The quantitative estimate of drug-likeness (QED) is 0.394. The van der Waals surface area contributed by atoms with Crippen LogP contribution in [-0.4, -0.2) is 61.6 Å². The van der Waals surface area contributed by atoms with Crippen LogP contribution in [0.3, 0.4) is 0 Å². The molecule has 2 amide bonds. The SMILES string of the molecule is COc1cc(CNC(=O)c2cc(-c3cn(CC4CCC(NC(=O)CO)CC4)nn3)nc(C)n2)ccc1F. The summed E-state index contributed by atoms with van der Waals surface area (Å²) in [5.74, 6) is -0.280. The lowest BCUT2D eigenvalue weighted by atomic mass is 9.86. The summed E-state index contributed by atoms with van der Waals surface area (Å²) in [6, 6.07) is 6.06. The molecule has 1 fully saturated rings. The number of aromatic nitrogens is 5. The summed E-state index contributed by atoms with van der Waals surface area (Å²) in [5, 5.41) is 23.0. The van der Waals surface area contributed by atoms with Crippen LogP contribution in [0.25, 0.3) is 11.4 Å². The Bertz CT molecular complexity index is 1260. The molecule has 4 rings (SSSR count). The van der Waals surface area contributed by atoms with Crippen LogP contribution in [0, 0.1) is 18.7 Å². The number of aliphatic hydroxyl groups is 1. The number of benzene rings is 1. The Balaban J connectivity index is 1.36. The third-order valence-corrected chi connectivity index (χ3v) is 6.34. The van der Waals surface area contributed by atoms with Gasteiger partial charge in [-0.25, -0.2) is 14.4 Å². The minimum atomic E-state index is -0.489. The van der Waals surface area contributed by atoms with Crippen LogP contribution in [0.5, 0.6) is 5.75 Å². The van der Waals surface area contributed by atoms with Crippen LogP contribution >= 0.6 is 0 Å². The van der Waals surface area contributed by atoms with Crippen LogP contribution in [0.1, 0.15) is 47.6 Å². The molecule has 0 unspecified atom stereocenters. The molecule has 11 nitrogen and oxygen atoms in total. The Hall–Kier alpha value is -3.93. The zero-order valence-electron chi connectivity index (χ0n) is 20.8. The van der Waals surface area contributed by atoms with Crippen molar-refractivity contribution in [2.45, 2.75) is 51.7 Å². The number of carbonyl (C=O) groups is 2. The van der Waals surface area contributed by atoms with Gasteiger partial charge in [0, 0.05) is 19.1 Å². The van der Waals surface area contributed by atoms with E-state index in [1.807, 2.05) is 0 Å². The van der Waals surface area contributed by atoms with Gasteiger partial charge in [0.25, 0.3) is 5.91 Å². The van der Waals surface area contributed by atoms with E-state index in [0.717, 1.165) is 25.7 Å². The van der Waals surface area contributed by atoms with Crippen LogP contribution in [0.15, 0.2) is 30.5 Å². The van der Waals surface area contributed by atoms with Gasteiger partial charge in [-0.3, -0.25) is 14.3 Å². The first kappa shape index (κ1) is 26.1. The monoisotopic (exact) mass is 511 g/mol. The first-order valence-corrected chi connectivity index (χ1v) is 12.1. The lowest BCUT2D eigenvalue weighted by Crippen LogP contribution is -2.39. The number of nitrogens with one attached hydrogen (secondary N) is 2. The Kier molecular flexibility index (Phi) is 8.39. The molecule has 1 aliphatic carbocycles. The summed E-state index contributed by atoms with van der Waals surface area (Å²) >= 11 is 0. The van der Waals surface area contributed by atoms with Crippen LogP contribution in [0.4, 0.5) is 4.39 Å². The van der Waals surface area contributed by atoms with E-state index in [1.54, 1.807) is 29.9 Å². The molecule has 196 valence electrons. The van der Waals surface area contributed by atoms with E-state index in [-0.39, 0.29) is 29.9 Å². The van der Waals surface area contributed by atoms with Crippen molar-refractivity contribution in [2.24, 2.45) is 5.92 Å². The van der Waals surface area contributed by atoms with Gasteiger partial charge in [0.15, 0.2) is 11.6 Å². The summed E-state index contributed by atoms with van der Waals surface area (Å²) < 4.78 is 20.4. The van der Waals surface area contributed by atoms with Gasteiger partial charge in [-0.2, -0.15) is 0 Å². The van der Waals surface area contributed by atoms with Gasteiger partial charge >= 0.3 is 0 Å². The van der Waals surface area contributed by atoms with E-state index in [9.17, 15) is 14.0 Å². The highest BCUT2D eigenvalue weighted by atomic mass is 19.1. The topological polar surface area (TPSA) is 144 Å². The number of aliphatic hydroxyl groups excluding tert-OH is 1. The van der Waals surface area contributed by atoms with Crippen molar-refractivity contribution in [1.29, 1.82) is 0 Å². The van der Waals surface area contributed by atoms with Gasteiger partial charge < -0.3 is 20.5 Å². The zero-order chi connectivity index (χ0) is 26.4.